The summed E-state index contributed by atoms with van der Waals surface area (Å²) in [6.45, 7) is 3.68. The molecule has 0 amide bonds. The van der Waals surface area contributed by atoms with Crippen LogP contribution in [-0.4, -0.2) is 62.2 Å². The fraction of sp³-hybridized carbons (Fsp3) is 0.400. The summed E-state index contributed by atoms with van der Waals surface area (Å²) in [6, 6.07) is 14.8. The highest BCUT2D eigenvalue weighted by Gasteiger charge is 2.27. The van der Waals surface area contributed by atoms with Crippen LogP contribution >= 0.6 is 11.6 Å². The molecule has 1 unspecified atom stereocenters. The number of piperazine rings is 1. The summed E-state index contributed by atoms with van der Waals surface area (Å²) in [5.41, 5.74) is 5.21. The van der Waals surface area contributed by atoms with Gasteiger partial charge in [0.25, 0.3) is 0 Å². The van der Waals surface area contributed by atoms with Gasteiger partial charge in [-0.25, -0.2) is 4.99 Å². The van der Waals surface area contributed by atoms with Crippen molar-refractivity contribution >= 4 is 28.8 Å². The number of halogens is 1. The third-order valence-electron chi connectivity index (χ3n) is 6.50. The van der Waals surface area contributed by atoms with Crippen LogP contribution in [0.5, 0.6) is 0 Å². The van der Waals surface area contributed by atoms with Crippen molar-refractivity contribution in [3.8, 4) is 0 Å². The lowest BCUT2D eigenvalue weighted by molar-refractivity contribution is 0.168. The van der Waals surface area contributed by atoms with Crippen LogP contribution in [0.3, 0.4) is 0 Å². The van der Waals surface area contributed by atoms with Crippen LogP contribution in [0, 0.1) is 0 Å². The van der Waals surface area contributed by atoms with Crippen LogP contribution < -0.4 is 15.5 Å². The number of hydrogen-bond acceptors (Lipinski definition) is 6. The molecule has 2 heterocycles. The summed E-state index contributed by atoms with van der Waals surface area (Å²) in [7, 11) is 4.08. The van der Waals surface area contributed by atoms with E-state index in [1.54, 1.807) is 0 Å². The minimum Gasteiger partial charge on any atom is -0.368 e. The fourth-order valence-electron chi connectivity index (χ4n) is 4.72. The number of nitrogens with zero attached hydrogens (tertiary/aromatic N) is 4. The zero-order valence-corrected chi connectivity index (χ0v) is 19.6. The molecule has 2 aromatic rings. The van der Waals surface area contributed by atoms with Crippen LogP contribution in [0.1, 0.15) is 17.5 Å². The van der Waals surface area contributed by atoms with E-state index in [1.807, 2.05) is 32.3 Å². The molecule has 7 heteroatoms. The summed E-state index contributed by atoms with van der Waals surface area (Å²) in [5.74, 6) is 1.95. The van der Waals surface area contributed by atoms with E-state index >= 15 is 0 Å². The van der Waals surface area contributed by atoms with Crippen LogP contribution in [0.15, 0.2) is 59.4 Å². The van der Waals surface area contributed by atoms with Gasteiger partial charge in [0.1, 0.15) is 11.7 Å². The Morgan fingerprint density at radius 2 is 1.81 bits per heavy atom. The van der Waals surface area contributed by atoms with E-state index in [9.17, 15) is 0 Å². The number of anilines is 2. The maximum Gasteiger partial charge on any atom is 0.179 e. The number of aryl methyl sites for hydroxylation is 2. The lowest BCUT2D eigenvalue weighted by atomic mass is 10.1. The molecule has 3 aliphatic rings. The average molecular weight is 451 g/mol. The smallest absolute Gasteiger partial charge is 0.179 e. The average Bonchev–Trinajstić information content (AvgIpc) is 3.27. The summed E-state index contributed by atoms with van der Waals surface area (Å²) in [6.07, 6.45) is 5.64. The molecule has 168 valence electrons. The number of hydrogen-bond donors (Lipinski definition) is 2. The van der Waals surface area contributed by atoms with Gasteiger partial charge in [0.05, 0.1) is 10.7 Å². The molecule has 2 aromatic carbocycles. The lowest BCUT2D eigenvalue weighted by Crippen LogP contribution is -2.56. The van der Waals surface area contributed by atoms with Crippen molar-refractivity contribution in [2.45, 2.75) is 25.6 Å². The Balaban J connectivity index is 1.28. The van der Waals surface area contributed by atoms with Gasteiger partial charge in [-0.2, -0.15) is 0 Å². The van der Waals surface area contributed by atoms with Crippen LogP contribution in [0.2, 0.25) is 5.02 Å². The van der Waals surface area contributed by atoms with Gasteiger partial charge >= 0.3 is 0 Å². The van der Waals surface area contributed by atoms with Crippen LogP contribution in [-0.2, 0) is 12.8 Å². The molecule has 1 aliphatic carbocycles. The topological polar surface area (TPSA) is 46.1 Å². The van der Waals surface area contributed by atoms with Gasteiger partial charge in [-0.1, -0.05) is 29.8 Å². The zero-order chi connectivity index (χ0) is 22.1. The standard InChI is InChI=1S/C25H31ClN6/c1-30(2)24-17-23(27-20-11-10-18-6-5-7-19(18)16-20)28-25(29-24)32-14-12-31(13-15-32)22-9-4-3-8-21(22)26/h3-4,8-11,16-17,25,27-28H,5-7,12-15H2,1-2H3. The molecular weight excluding hydrogens is 420 g/mol. The van der Waals surface area contributed by atoms with Crippen molar-refractivity contribution in [1.82, 2.24) is 15.1 Å². The molecule has 5 rings (SSSR count). The van der Waals surface area contributed by atoms with Gasteiger partial charge in [0, 0.05) is 52.0 Å². The van der Waals surface area contributed by atoms with E-state index in [-0.39, 0.29) is 6.29 Å². The first-order valence-corrected chi connectivity index (χ1v) is 11.8. The van der Waals surface area contributed by atoms with Gasteiger partial charge in [0.15, 0.2) is 6.29 Å². The molecule has 1 fully saturated rings. The lowest BCUT2D eigenvalue weighted by Gasteiger charge is -2.41. The molecule has 0 spiro atoms. The summed E-state index contributed by atoms with van der Waals surface area (Å²) in [4.78, 5) is 11.8. The highest BCUT2D eigenvalue weighted by atomic mass is 35.5. The van der Waals surface area contributed by atoms with Gasteiger partial charge in [-0.05, 0) is 54.7 Å². The Hall–Kier alpha value is -2.70. The minimum absolute atomic E-state index is 0.0947. The molecule has 2 aliphatic heterocycles. The maximum absolute atomic E-state index is 6.42. The number of aliphatic imine (C=N–C) groups is 1. The normalized spacial score (nSPS) is 20.8. The number of para-hydroxylation sites is 1. The minimum atomic E-state index is -0.0947. The van der Waals surface area contributed by atoms with E-state index in [1.165, 1.54) is 30.4 Å². The Labute approximate surface area is 195 Å². The molecule has 1 atom stereocenters. The summed E-state index contributed by atoms with van der Waals surface area (Å²) in [5, 5.41) is 8.02. The second kappa shape index (κ2) is 9.04. The second-order valence-electron chi connectivity index (χ2n) is 8.89. The van der Waals surface area contributed by atoms with Crippen molar-refractivity contribution in [3.63, 3.8) is 0 Å². The number of amidine groups is 1. The van der Waals surface area contributed by atoms with Crippen LogP contribution in [0.4, 0.5) is 11.4 Å². The highest BCUT2D eigenvalue weighted by molar-refractivity contribution is 6.33. The quantitative estimate of drug-likeness (QED) is 0.742. The van der Waals surface area contributed by atoms with Crippen LogP contribution in [0.25, 0.3) is 0 Å². The third-order valence-corrected chi connectivity index (χ3v) is 6.82. The van der Waals surface area contributed by atoms with Crippen molar-refractivity contribution in [2.24, 2.45) is 4.99 Å². The Morgan fingerprint density at radius 1 is 1.03 bits per heavy atom. The van der Waals surface area contributed by atoms with E-state index in [2.05, 4.69) is 55.7 Å². The van der Waals surface area contributed by atoms with Gasteiger partial charge in [-0.15, -0.1) is 0 Å². The molecular formula is C25H31ClN6. The molecule has 0 radical (unpaired) electrons. The first-order valence-electron chi connectivity index (χ1n) is 11.4. The Kier molecular flexibility index (Phi) is 5.98. The molecule has 0 bridgehead atoms. The summed E-state index contributed by atoms with van der Waals surface area (Å²) >= 11 is 6.42. The van der Waals surface area contributed by atoms with E-state index in [0.717, 1.165) is 54.2 Å². The Bertz CT molecular complexity index is 1040. The van der Waals surface area contributed by atoms with Gasteiger partial charge in [-0.3, -0.25) is 4.90 Å². The second-order valence-corrected chi connectivity index (χ2v) is 9.30. The molecule has 0 aromatic heterocycles. The number of fused-ring (bicyclic) bond motifs is 1. The van der Waals surface area contributed by atoms with Crippen molar-refractivity contribution in [2.75, 3.05) is 50.5 Å². The first kappa shape index (κ1) is 21.2. The Morgan fingerprint density at radius 3 is 2.59 bits per heavy atom. The first-order chi connectivity index (χ1) is 15.6. The highest BCUT2D eigenvalue weighted by Crippen LogP contribution is 2.27. The van der Waals surface area contributed by atoms with Gasteiger partial charge < -0.3 is 20.4 Å². The molecule has 0 saturated carbocycles. The molecule has 32 heavy (non-hydrogen) atoms. The van der Waals surface area contributed by atoms with Crippen molar-refractivity contribution in [3.05, 3.63) is 70.5 Å². The van der Waals surface area contributed by atoms with E-state index in [0.29, 0.717) is 0 Å². The number of rotatable bonds is 4. The number of likely N-dealkylation sites (N-methyl/N-ethyl adjacent to an activating group) is 1. The predicted molar refractivity (Wildman–Crippen MR) is 133 cm³/mol. The zero-order valence-electron chi connectivity index (χ0n) is 18.8. The van der Waals surface area contributed by atoms with E-state index < -0.39 is 0 Å². The number of nitrogens with one attached hydrogen (secondary N) is 2. The molecule has 2 N–H and O–H groups in total. The fourth-order valence-corrected chi connectivity index (χ4v) is 4.97. The maximum atomic E-state index is 6.42. The van der Waals surface area contributed by atoms with Crippen molar-refractivity contribution < 1.29 is 0 Å². The third kappa shape index (κ3) is 4.43. The predicted octanol–water partition coefficient (Wildman–Crippen LogP) is 3.75. The number of benzene rings is 2. The van der Waals surface area contributed by atoms with E-state index in [4.69, 9.17) is 16.6 Å². The van der Waals surface area contributed by atoms with Crippen molar-refractivity contribution in [1.29, 1.82) is 0 Å². The molecule has 6 nitrogen and oxygen atoms in total. The SMILES string of the molecule is CN(C)C1=NC(N2CCN(c3ccccc3Cl)CC2)NC(Nc2ccc3c(c2)CCC3)=C1. The monoisotopic (exact) mass is 450 g/mol. The summed E-state index contributed by atoms with van der Waals surface area (Å²) < 4.78 is 0. The molecule has 1 saturated heterocycles. The largest absolute Gasteiger partial charge is 0.368 e. The van der Waals surface area contributed by atoms with Gasteiger partial charge in [0.2, 0.25) is 0 Å².